The van der Waals surface area contributed by atoms with Gasteiger partial charge in [0.2, 0.25) is 0 Å². The second-order valence-electron chi connectivity index (χ2n) is 5.61. The first kappa shape index (κ1) is 18.6. The molecule has 0 spiro atoms. The number of hydrogen-bond donors (Lipinski definition) is 3. The normalized spacial score (nSPS) is 27.5. The first-order valence-electron chi connectivity index (χ1n) is 8.05. The van der Waals surface area contributed by atoms with Crippen LogP contribution in [0.2, 0.25) is 0 Å². The van der Waals surface area contributed by atoms with E-state index in [-0.39, 0.29) is 13.2 Å². The average molecular weight is 302 g/mol. The predicted molar refractivity (Wildman–Crippen MR) is 81.1 cm³/mol. The molecule has 0 unspecified atom stereocenters. The van der Waals surface area contributed by atoms with Crippen LogP contribution in [0.4, 0.5) is 0 Å². The number of aliphatic hydroxyl groups excluding tert-OH is 3. The van der Waals surface area contributed by atoms with Gasteiger partial charge in [-0.2, -0.15) is 0 Å². The van der Waals surface area contributed by atoms with E-state index in [4.69, 9.17) is 9.47 Å². The molecule has 1 heterocycles. The Bertz CT molecular complexity index is 282. The fraction of sp³-hybridized carbons (Fsp3) is 0.875. The Morgan fingerprint density at radius 2 is 1.95 bits per heavy atom. The summed E-state index contributed by atoms with van der Waals surface area (Å²) in [6.07, 6.45) is 7.69. The molecular formula is C16H30O5. The zero-order chi connectivity index (χ0) is 15.5. The van der Waals surface area contributed by atoms with Crippen molar-refractivity contribution in [2.75, 3.05) is 19.8 Å². The van der Waals surface area contributed by atoms with Gasteiger partial charge >= 0.3 is 0 Å². The molecule has 0 bridgehead atoms. The molecule has 1 rings (SSSR count). The van der Waals surface area contributed by atoms with Crippen LogP contribution in [0.1, 0.15) is 45.4 Å². The Balaban J connectivity index is 1.97. The molecule has 0 aromatic carbocycles. The fourth-order valence-corrected chi connectivity index (χ4v) is 2.34. The molecule has 0 aromatic rings. The summed E-state index contributed by atoms with van der Waals surface area (Å²) in [5.74, 6) is 0. The molecule has 5 heteroatoms. The molecule has 1 saturated heterocycles. The van der Waals surface area contributed by atoms with Crippen molar-refractivity contribution >= 4 is 0 Å². The number of aliphatic hydroxyl groups is 3. The van der Waals surface area contributed by atoms with Gasteiger partial charge in [0.25, 0.3) is 0 Å². The maximum atomic E-state index is 9.82. The quantitative estimate of drug-likeness (QED) is 0.397. The van der Waals surface area contributed by atoms with Crippen molar-refractivity contribution in [2.45, 2.75) is 69.9 Å². The third kappa shape index (κ3) is 7.38. The van der Waals surface area contributed by atoms with E-state index < -0.39 is 24.4 Å². The van der Waals surface area contributed by atoms with E-state index in [0.717, 1.165) is 12.8 Å². The van der Waals surface area contributed by atoms with Crippen LogP contribution in [-0.2, 0) is 9.47 Å². The molecule has 4 atom stereocenters. The van der Waals surface area contributed by atoms with Gasteiger partial charge in [-0.15, -0.1) is 0 Å². The third-order valence-corrected chi connectivity index (χ3v) is 3.68. The van der Waals surface area contributed by atoms with E-state index in [1.165, 1.54) is 25.7 Å². The Morgan fingerprint density at radius 1 is 1.19 bits per heavy atom. The van der Waals surface area contributed by atoms with Gasteiger partial charge in [-0.05, 0) is 19.3 Å². The summed E-state index contributed by atoms with van der Waals surface area (Å²) in [7, 11) is 0. The minimum absolute atomic E-state index is 0.0592. The van der Waals surface area contributed by atoms with Crippen LogP contribution in [0.3, 0.4) is 0 Å². The summed E-state index contributed by atoms with van der Waals surface area (Å²) in [6.45, 7) is 2.91. The van der Waals surface area contributed by atoms with Crippen molar-refractivity contribution in [1.82, 2.24) is 0 Å². The molecule has 3 N–H and O–H groups in total. The molecule has 0 amide bonds. The van der Waals surface area contributed by atoms with Gasteiger partial charge in [-0.3, -0.25) is 0 Å². The Kier molecular flexibility index (Phi) is 9.87. The van der Waals surface area contributed by atoms with E-state index in [1.54, 1.807) is 0 Å². The summed E-state index contributed by atoms with van der Waals surface area (Å²) in [6, 6.07) is 0. The lowest BCUT2D eigenvalue weighted by molar-refractivity contribution is -0.0806. The summed E-state index contributed by atoms with van der Waals surface area (Å²) in [4.78, 5) is 0. The highest BCUT2D eigenvalue weighted by atomic mass is 16.5. The topological polar surface area (TPSA) is 79.2 Å². The lowest BCUT2D eigenvalue weighted by atomic mass is 10.1. The number of hydrogen-bond acceptors (Lipinski definition) is 5. The maximum absolute atomic E-state index is 9.82. The minimum Gasteiger partial charge on any atom is -0.388 e. The van der Waals surface area contributed by atoms with E-state index in [9.17, 15) is 15.3 Å². The van der Waals surface area contributed by atoms with Gasteiger partial charge in [0.1, 0.15) is 24.4 Å². The molecule has 1 aliphatic rings. The molecule has 21 heavy (non-hydrogen) atoms. The predicted octanol–water partition coefficient (Wildman–Crippen LogP) is 1.40. The first-order valence-corrected chi connectivity index (χ1v) is 8.05. The van der Waals surface area contributed by atoms with Crippen LogP contribution in [-0.4, -0.2) is 59.6 Å². The second kappa shape index (κ2) is 11.2. The zero-order valence-corrected chi connectivity index (χ0v) is 13.0. The maximum Gasteiger partial charge on any atom is 0.114 e. The van der Waals surface area contributed by atoms with Gasteiger partial charge < -0.3 is 24.8 Å². The molecule has 0 aromatic heterocycles. The summed E-state index contributed by atoms with van der Waals surface area (Å²) >= 11 is 0. The number of allylic oxidation sites excluding steroid dienone is 1. The molecule has 1 fully saturated rings. The van der Waals surface area contributed by atoms with Crippen molar-refractivity contribution in [3.8, 4) is 0 Å². The van der Waals surface area contributed by atoms with Crippen LogP contribution in [0.15, 0.2) is 12.2 Å². The van der Waals surface area contributed by atoms with Crippen molar-refractivity contribution in [1.29, 1.82) is 0 Å². The van der Waals surface area contributed by atoms with Gasteiger partial charge in [0.05, 0.1) is 19.8 Å². The van der Waals surface area contributed by atoms with Gasteiger partial charge in [-0.25, -0.2) is 0 Å². The van der Waals surface area contributed by atoms with Crippen LogP contribution >= 0.6 is 0 Å². The summed E-state index contributed by atoms with van der Waals surface area (Å²) < 4.78 is 10.5. The molecule has 1 aliphatic heterocycles. The van der Waals surface area contributed by atoms with Crippen molar-refractivity contribution in [3.05, 3.63) is 12.2 Å². The van der Waals surface area contributed by atoms with Crippen molar-refractivity contribution in [2.24, 2.45) is 0 Å². The largest absolute Gasteiger partial charge is 0.388 e. The third-order valence-electron chi connectivity index (χ3n) is 3.68. The smallest absolute Gasteiger partial charge is 0.114 e. The lowest BCUT2D eigenvalue weighted by Crippen LogP contribution is -2.40. The van der Waals surface area contributed by atoms with Gasteiger partial charge in [-0.1, -0.05) is 38.3 Å². The molecule has 0 radical (unpaired) electrons. The standard InChI is InChI=1S/C16H30O5/c1-2-3-4-5-6-7-8-9-10-20-11-14(18)16-15(19)13(17)12-21-16/h7-8,13-19H,2-6,9-12H2,1H3/b8-7+/t13-,14+,15-,16-/m0/s1. The van der Waals surface area contributed by atoms with E-state index in [0.29, 0.717) is 6.61 Å². The monoisotopic (exact) mass is 302 g/mol. The van der Waals surface area contributed by atoms with Crippen LogP contribution < -0.4 is 0 Å². The van der Waals surface area contributed by atoms with Crippen LogP contribution in [0.25, 0.3) is 0 Å². The Labute approximate surface area is 127 Å². The molecule has 0 aliphatic carbocycles. The van der Waals surface area contributed by atoms with E-state index in [1.807, 2.05) is 0 Å². The van der Waals surface area contributed by atoms with Crippen molar-refractivity contribution in [3.63, 3.8) is 0 Å². The lowest BCUT2D eigenvalue weighted by Gasteiger charge is -2.20. The highest BCUT2D eigenvalue weighted by Gasteiger charge is 2.39. The zero-order valence-electron chi connectivity index (χ0n) is 13.0. The molecule has 0 saturated carbocycles. The summed E-state index contributed by atoms with van der Waals surface area (Å²) in [5.41, 5.74) is 0. The number of unbranched alkanes of at least 4 members (excludes halogenated alkanes) is 4. The molecule has 124 valence electrons. The highest BCUT2D eigenvalue weighted by Crippen LogP contribution is 2.17. The van der Waals surface area contributed by atoms with Crippen molar-refractivity contribution < 1.29 is 24.8 Å². The minimum atomic E-state index is -1.04. The number of rotatable bonds is 11. The van der Waals surface area contributed by atoms with Crippen LogP contribution in [0.5, 0.6) is 0 Å². The fourth-order valence-electron chi connectivity index (χ4n) is 2.34. The molecular weight excluding hydrogens is 272 g/mol. The van der Waals surface area contributed by atoms with E-state index >= 15 is 0 Å². The Hall–Kier alpha value is -0.460. The molecule has 5 nitrogen and oxygen atoms in total. The van der Waals surface area contributed by atoms with Crippen LogP contribution in [0, 0.1) is 0 Å². The first-order chi connectivity index (χ1) is 10.2. The van der Waals surface area contributed by atoms with Gasteiger partial charge in [0, 0.05) is 0 Å². The Morgan fingerprint density at radius 3 is 2.62 bits per heavy atom. The SMILES string of the molecule is CCCCCC/C=C/CCOC[C@@H](O)[C@@H]1OC[C@H](O)[C@@H]1O. The summed E-state index contributed by atoms with van der Waals surface area (Å²) in [5, 5.41) is 28.7. The number of ether oxygens (including phenoxy) is 2. The van der Waals surface area contributed by atoms with E-state index in [2.05, 4.69) is 19.1 Å². The van der Waals surface area contributed by atoms with Gasteiger partial charge in [0.15, 0.2) is 0 Å². The highest BCUT2D eigenvalue weighted by molar-refractivity contribution is 4.88. The average Bonchev–Trinajstić information content (AvgIpc) is 2.81. The second-order valence-corrected chi connectivity index (χ2v) is 5.61.